The van der Waals surface area contributed by atoms with Gasteiger partial charge in [-0.2, -0.15) is 0 Å². The molecule has 0 fully saturated rings. The van der Waals surface area contributed by atoms with Gasteiger partial charge in [-0.3, -0.25) is 4.79 Å². The molecule has 5 nitrogen and oxygen atoms in total. The number of hydrogen-bond acceptors (Lipinski definition) is 3. The third-order valence-electron chi connectivity index (χ3n) is 1.61. The third-order valence-corrected chi connectivity index (χ3v) is 1.92. The van der Waals surface area contributed by atoms with Crippen LogP contribution in [0.25, 0.3) is 0 Å². The lowest BCUT2D eigenvalue weighted by atomic mass is 10.5. The van der Waals surface area contributed by atoms with E-state index in [0.29, 0.717) is 18.4 Å². The lowest BCUT2D eigenvalue weighted by Gasteiger charge is -2.05. The van der Waals surface area contributed by atoms with Gasteiger partial charge in [0.1, 0.15) is 6.54 Å². The van der Waals surface area contributed by atoms with E-state index in [1.165, 1.54) is 0 Å². The first kappa shape index (κ1) is 11.0. The van der Waals surface area contributed by atoms with Crippen molar-refractivity contribution in [2.45, 2.75) is 6.54 Å². The zero-order valence-corrected chi connectivity index (χ0v) is 8.62. The van der Waals surface area contributed by atoms with Crippen molar-refractivity contribution in [2.24, 2.45) is 0 Å². The van der Waals surface area contributed by atoms with Crippen molar-refractivity contribution in [1.82, 2.24) is 14.9 Å². The van der Waals surface area contributed by atoms with Crippen molar-refractivity contribution in [2.75, 3.05) is 20.3 Å². The number of ether oxygens (including phenoxy) is 1. The van der Waals surface area contributed by atoms with Gasteiger partial charge in [-0.15, -0.1) is 0 Å². The molecule has 1 aromatic rings. The lowest BCUT2D eigenvalue weighted by Crippen LogP contribution is -2.30. The monoisotopic (exact) mass is 217 g/mol. The maximum atomic E-state index is 11.3. The molecule has 1 rings (SSSR count). The molecule has 1 heterocycles. The van der Waals surface area contributed by atoms with Crippen LogP contribution in [0.15, 0.2) is 12.4 Å². The van der Waals surface area contributed by atoms with Gasteiger partial charge in [0.05, 0.1) is 6.61 Å². The highest BCUT2D eigenvalue weighted by molar-refractivity contribution is 6.28. The number of nitrogens with zero attached hydrogens (tertiary/aromatic N) is 2. The maximum Gasteiger partial charge on any atom is 0.240 e. The number of imidazole rings is 1. The van der Waals surface area contributed by atoms with Gasteiger partial charge in [-0.05, 0) is 11.6 Å². The van der Waals surface area contributed by atoms with Gasteiger partial charge in [0.2, 0.25) is 11.2 Å². The first-order chi connectivity index (χ1) is 6.74. The molecule has 0 aromatic carbocycles. The van der Waals surface area contributed by atoms with Crippen LogP contribution >= 0.6 is 11.6 Å². The van der Waals surface area contributed by atoms with Crippen LogP contribution in [0.5, 0.6) is 0 Å². The molecule has 14 heavy (non-hydrogen) atoms. The Morgan fingerprint density at radius 2 is 2.57 bits per heavy atom. The van der Waals surface area contributed by atoms with Gasteiger partial charge < -0.3 is 14.6 Å². The van der Waals surface area contributed by atoms with Crippen LogP contribution in [0.1, 0.15) is 0 Å². The van der Waals surface area contributed by atoms with Crippen LogP contribution in [0, 0.1) is 0 Å². The molecule has 0 radical (unpaired) electrons. The highest BCUT2D eigenvalue weighted by Crippen LogP contribution is 2.03. The molecule has 0 saturated heterocycles. The van der Waals surface area contributed by atoms with Gasteiger partial charge >= 0.3 is 0 Å². The molecule has 0 spiro atoms. The molecule has 0 bridgehead atoms. The second-order valence-corrected chi connectivity index (χ2v) is 3.00. The van der Waals surface area contributed by atoms with Gasteiger partial charge in [0.25, 0.3) is 0 Å². The van der Waals surface area contributed by atoms with Crippen molar-refractivity contribution in [3.63, 3.8) is 0 Å². The van der Waals surface area contributed by atoms with Crippen molar-refractivity contribution in [3.8, 4) is 0 Å². The van der Waals surface area contributed by atoms with E-state index < -0.39 is 0 Å². The molecular weight excluding hydrogens is 206 g/mol. The second kappa shape index (κ2) is 5.62. The van der Waals surface area contributed by atoms with E-state index in [2.05, 4.69) is 10.3 Å². The Balaban J connectivity index is 2.31. The van der Waals surface area contributed by atoms with E-state index in [9.17, 15) is 4.79 Å². The highest BCUT2D eigenvalue weighted by Gasteiger charge is 2.04. The molecule has 78 valence electrons. The zero-order valence-electron chi connectivity index (χ0n) is 7.86. The first-order valence-corrected chi connectivity index (χ1v) is 4.54. The van der Waals surface area contributed by atoms with E-state index >= 15 is 0 Å². The molecule has 1 amide bonds. The van der Waals surface area contributed by atoms with Crippen LogP contribution in [0.3, 0.4) is 0 Å². The van der Waals surface area contributed by atoms with E-state index in [1.54, 1.807) is 24.1 Å². The van der Waals surface area contributed by atoms with E-state index in [0.717, 1.165) is 0 Å². The minimum atomic E-state index is -0.109. The molecule has 0 atom stereocenters. The summed E-state index contributed by atoms with van der Waals surface area (Å²) in [4.78, 5) is 15.1. The molecular formula is C8H12ClN3O2. The fourth-order valence-corrected chi connectivity index (χ4v) is 1.10. The lowest BCUT2D eigenvalue weighted by molar-refractivity contribution is -0.121. The number of nitrogens with one attached hydrogen (secondary N) is 1. The van der Waals surface area contributed by atoms with E-state index in [-0.39, 0.29) is 12.5 Å². The smallest absolute Gasteiger partial charge is 0.240 e. The molecule has 0 aliphatic carbocycles. The predicted octanol–water partition coefficient (Wildman–Crippen LogP) is 0.299. The number of aromatic nitrogens is 2. The molecule has 0 aliphatic rings. The summed E-state index contributed by atoms with van der Waals surface area (Å²) >= 11 is 5.69. The molecule has 1 N–H and O–H groups in total. The fraction of sp³-hybridized carbons (Fsp3) is 0.500. The average molecular weight is 218 g/mol. The SMILES string of the molecule is COCCNC(=O)Cn1ccnc1Cl. The van der Waals surface area contributed by atoms with Crippen molar-refractivity contribution in [3.05, 3.63) is 17.7 Å². The minimum Gasteiger partial charge on any atom is -0.383 e. The van der Waals surface area contributed by atoms with Crippen LogP contribution in [0.4, 0.5) is 0 Å². The maximum absolute atomic E-state index is 11.3. The number of carbonyl (C=O) groups is 1. The normalized spacial score (nSPS) is 10.1. The molecule has 6 heteroatoms. The summed E-state index contributed by atoms with van der Waals surface area (Å²) in [6.45, 7) is 1.19. The summed E-state index contributed by atoms with van der Waals surface area (Å²) in [6.07, 6.45) is 3.20. The summed E-state index contributed by atoms with van der Waals surface area (Å²) in [7, 11) is 1.58. The Morgan fingerprint density at radius 3 is 3.14 bits per heavy atom. The van der Waals surface area contributed by atoms with Gasteiger partial charge in [0.15, 0.2) is 0 Å². The highest BCUT2D eigenvalue weighted by atomic mass is 35.5. The second-order valence-electron chi connectivity index (χ2n) is 2.67. The summed E-state index contributed by atoms with van der Waals surface area (Å²) in [6, 6.07) is 0. The standard InChI is InChI=1S/C8H12ClN3O2/c1-14-5-3-10-7(13)6-12-4-2-11-8(12)9/h2,4H,3,5-6H2,1H3,(H,10,13). The summed E-state index contributed by atoms with van der Waals surface area (Å²) in [5.41, 5.74) is 0. The Labute approximate surface area is 87.0 Å². The first-order valence-electron chi connectivity index (χ1n) is 4.16. The number of amides is 1. The summed E-state index contributed by atoms with van der Waals surface area (Å²) in [5.74, 6) is -0.109. The summed E-state index contributed by atoms with van der Waals surface area (Å²) in [5, 5.41) is 2.99. The van der Waals surface area contributed by atoms with Crippen molar-refractivity contribution < 1.29 is 9.53 Å². The number of rotatable bonds is 5. The quantitative estimate of drug-likeness (QED) is 0.722. The third kappa shape index (κ3) is 3.35. The predicted molar refractivity (Wildman–Crippen MR) is 52.1 cm³/mol. The number of carbonyl (C=O) groups excluding carboxylic acids is 1. The van der Waals surface area contributed by atoms with Gasteiger partial charge in [-0.1, -0.05) is 0 Å². The number of hydrogen-bond donors (Lipinski definition) is 1. The van der Waals surface area contributed by atoms with Crippen molar-refractivity contribution >= 4 is 17.5 Å². The summed E-state index contributed by atoms with van der Waals surface area (Å²) < 4.78 is 6.35. The molecule has 0 aliphatic heterocycles. The minimum absolute atomic E-state index is 0.109. The number of methoxy groups -OCH3 is 1. The zero-order chi connectivity index (χ0) is 10.4. The fourth-order valence-electron chi connectivity index (χ4n) is 0.932. The molecule has 1 aromatic heterocycles. The average Bonchev–Trinajstić information content (AvgIpc) is 2.52. The Hall–Kier alpha value is -1.07. The van der Waals surface area contributed by atoms with Gasteiger partial charge in [-0.25, -0.2) is 4.98 Å². The Morgan fingerprint density at radius 1 is 1.79 bits per heavy atom. The topological polar surface area (TPSA) is 56.1 Å². The van der Waals surface area contributed by atoms with Crippen LogP contribution in [-0.4, -0.2) is 35.7 Å². The van der Waals surface area contributed by atoms with E-state index in [4.69, 9.17) is 16.3 Å². The van der Waals surface area contributed by atoms with E-state index in [1.807, 2.05) is 0 Å². The van der Waals surface area contributed by atoms with Crippen LogP contribution in [-0.2, 0) is 16.1 Å². The largest absolute Gasteiger partial charge is 0.383 e. The van der Waals surface area contributed by atoms with Crippen LogP contribution < -0.4 is 5.32 Å². The molecule has 0 unspecified atom stereocenters. The van der Waals surface area contributed by atoms with Gasteiger partial charge in [0, 0.05) is 26.0 Å². The molecule has 0 saturated carbocycles. The Bertz CT molecular complexity index is 301. The number of halogens is 1. The van der Waals surface area contributed by atoms with Crippen molar-refractivity contribution in [1.29, 1.82) is 0 Å². The Kier molecular flexibility index (Phi) is 4.42. The van der Waals surface area contributed by atoms with Crippen LogP contribution in [0.2, 0.25) is 5.28 Å².